The van der Waals surface area contributed by atoms with Crippen molar-refractivity contribution in [1.29, 1.82) is 0 Å². The molecule has 0 radical (unpaired) electrons. The highest BCUT2D eigenvalue weighted by Gasteiger charge is 2.14. The Morgan fingerprint density at radius 3 is 2.38 bits per heavy atom. The first-order valence-corrected chi connectivity index (χ1v) is 4.55. The number of rotatable bonds is 2. The van der Waals surface area contributed by atoms with E-state index in [1.54, 1.807) is 0 Å². The van der Waals surface area contributed by atoms with Gasteiger partial charge in [0.2, 0.25) is 0 Å². The molecule has 13 heavy (non-hydrogen) atoms. The quantitative estimate of drug-likeness (QED) is 0.635. The Bertz CT molecular complexity index is 292. The van der Waals surface area contributed by atoms with Crippen molar-refractivity contribution in [2.75, 3.05) is 19.0 Å². The fourth-order valence-electron chi connectivity index (χ4n) is 1.31. The Balaban J connectivity index is 3.06. The average molecular weight is 180 g/mol. The van der Waals surface area contributed by atoms with Gasteiger partial charge in [0.25, 0.3) is 0 Å². The molecule has 3 heteroatoms. The molecule has 72 valence electrons. The Morgan fingerprint density at radius 1 is 1.38 bits per heavy atom. The molecule has 1 rings (SSSR count). The molecular weight excluding hydrogens is 162 g/mol. The van der Waals surface area contributed by atoms with Crippen LogP contribution in [0.25, 0.3) is 0 Å². The van der Waals surface area contributed by atoms with Crippen molar-refractivity contribution < 1.29 is 4.57 Å². The van der Waals surface area contributed by atoms with Crippen molar-refractivity contribution in [2.45, 2.75) is 19.8 Å². The van der Waals surface area contributed by atoms with E-state index in [4.69, 9.17) is 0 Å². The van der Waals surface area contributed by atoms with Crippen molar-refractivity contribution in [1.82, 2.24) is 4.98 Å². The Hall–Kier alpha value is -1.12. The monoisotopic (exact) mass is 180 g/mol. The summed E-state index contributed by atoms with van der Waals surface area (Å²) >= 11 is 0. The van der Waals surface area contributed by atoms with Crippen LogP contribution in [0.1, 0.15) is 25.6 Å². The van der Waals surface area contributed by atoms with Crippen LogP contribution >= 0.6 is 0 Å². The molecule has 0 saturated heterocycles. The lowest BCUT2D eigenvalue weighted by Gasteiger charge is -2.10. The average Bonchev–Trinajstić information content (AvgIpc) is 2.03. The topological polar surface area (TPSA) is 20.0 Å². The van der Waals surface area contributed by atoms with Gasteiger partial charge in [0.15, 0.2) is 6.20 Å². The largest absolute Gasteiger partial charge is 0.372 e. The molecule has 1 heterocycles. The lowest BCUT2D eigenvalue weighted by molar-refractivity contribution is -0.683. The van der Waals surface area contributed by atoms with Crippen LogP contribution in [0.3, 0.4) is 0 Å². The molecule has 0 atom stereocenters. The lowest BCUT2D eigenvalue weighted by Crippen LogP contribution is -2.36. The van der Waals surface area contributed by atoms with E-state index in [-0.39, 0.29) is 0 Å². The fourth-order valence-corrected chi connectivity index (χ4v) is 1.31. The second kappa shape index (κ2) is 3.73. The summed E-state index contributed by atoms with van der Waals surface area (Å²) in [7, 11) is 6.08. The molecule has 1 aromatic heterocycles. The van der Waals surface area contributed by atoms with Crippen LogP contribution in [0.5, 0.6) is 0 Å². The van der Waals surface area contributed by atoms with E-state index in [0.717, 1.165) is 11.5 Å². The third-order valence-corrected chi connectivity index (χ3v) is 2.05. The third-order valence-electron chi connectivity index (χ3n) is 2.05. The first kappa shape index (κ1) is 9.96. The van der Waals surface area contributed by atoms with E-state index in [1.165, 1.54) is 0 Å². The van der Waals surface area contributed by atoms with Gasteiger partial charge in [0.1, 0.15) is 11.9 Å². The normalized spacial score (nSPS) is 10.6. The van der Waals surface area contributed by atoms with Gasteiger partial charge in [-0.05, 0) is 0 Å². The summed E-state index contributed by atoms with van der Waals surface area (Å²) in [5.74, 6) is 1.59. The van der Waals surface area contributed by atoms with Gasteiger partial charge in [-0.2, -0.15) is 0 Å². The smallest absolute Gasteiger partial charge is 0.300 e. The summed E-state index contributed by atoms with van der Waals surface area (Å²) < 4.78 is 2.08. The van der Waals surface area contributed by atoms with Gasteiger partial charge in [0.05, 0.1) is 13.0 Å². The molecule has 1 aromatic rings. The molecule has 0 aliphatic rings. The second-order valence-corrected chi connectivity index (χ2v) is 3.83. The first-order chi connectivity index (χ1) is 6.02. The zero-order valence-corrected chi connectivity index (χ0v) is 9.07. The van der Waals surface area contributed by atoms with Crippen LogP contribution in [0.4, 0.5) is 5.69 Å². The minimum Gasteiger partial charge on any atom is -0.372 e. The zero-order chi connectivity index (χ0) is 10.0. The maximum absolute atomic E-state index is 4.42. The molecule has 3 nitrogen and oxygen atoms in total. The maximum atomic E-state index is 4.42. The Labute approximate surface area is 80.0 Å². The Kier molecular flexibility index (Phi) is 2.86. The molecule has 0 spiro atoms. The summed E-state index contributed by atoms with van der Waals surface area (Å²) in [6.45, 7) is 4.30. The van der Waals surface area contributed by atoms with Crippen LogP contribution in [0, 0.1) is 0 Å². The molecule has 0 saturated carbocycles. The van der Waals surface area contributed by atoms with Crippen LogP contribution in [0.2, 0.25) is 0 Å². The first-order valence-electron chi connectivity index (χ1n) is 4.55. The molecule has 0 aromatic carbocycles. The van der Waals surface area contributed by atoms with Crippen LogP contribution in [-0.2, 0) is 7.05 Å². The number of hydrogen-bond donors (Lipinski definition) is 0. The molecule has 0 aliphatic carbocycles. The summed E-state index contributed by atoms with van der Waals surface area (Å²) in [6, 6.07) is 0. The van der Waals surface area contributed by atoms with Crippen molar-refractivity contribution in [3.8, 4) is 0 Å². The summed E-state index contributed by atoms with van der Waals surface area (Å²) in [6.07, 6.45) is 4.01. The van der Waals surface area contributed by atoms with E-state index in [0.29, 0.717) is 5.92 Å². The molecule has 0 N–H and O–H groups in total. The van der Waals surface area contributed by atoms with Gasteiger partial charge in [-0.15, -0.1) is 0 Å². The van der Waals surface area contributed by atoms with E-state index in [2.05, 4.69) is 34.5 Å². The number of aromatic nitrogens is 2. The highest BCUT2D eigenvalue weighted by atomic mass is 15.1. The zero-order valence-electron chi connectivity index (χ0n) is 9.07. The number of hydrogen-bond acceptors (Lipinski definition) is 2. The number of nitrogens with zero attached hydrogens (tertiary/aromatic N) is 3. The highest BCUT2D eigenvalue weighted by molar-refractivity contribution is 5.37. The summed E-state index contributed by atoms with van der Waals surface area (Å²) in [5.41, 5.74) is 1.13. The predicted octanol–water partition coefficient (Wildman–Crippen LogP) is 1.10. The van der Waals surface area contributed by atoms with E-state index in [1.807, 2.05) is 27.3 Å². The minimum atomic E-state index is 0.473. The lowest BCUT2D eigenvalue weighted by atomic mass is 10.2. The standard InChI is InChI=1S/C10H18N3/c1-8(2)10-11-6-9(12(3)4)7-13(10)5/h6-8H,1-5H3/q+1. The number of anilines is 1. The fraction of sp³-hybridized carbons (Fsp3) is 0.600. The van der Waals surface area contributed by atoms with Crippen molar-refractivity contribution in [2.24, 2.45) is 7.05 Å². The van der Waals surface area contributed by atoms with Crippen LogP contribution < -0.4 is 9.47 Å². The predicted molar refractivity (Wildman–Crippen MR) is 53.8 cm³/mol. The van der Waals surface area contributed by atoms with Gasteiger partial charge in [0, 0.05) is 14.1 Å². The number of aryl methyl sites for hydroxylation is 1. The van der Waals surface area contributed by atoms with E-state index in [9.17, 15) is 0 Å². The SMILES string of the molecule is CC(C)c1ncc(N(C)C)c[n+]1C. The molecule has 0 fully saturated rings. The summed E-state index contributed by atoms with van der Waals surface area (Å²) in [5, 5.41) is 0. The van der Waals surface area contributed by atoms with Crippen molar-refractivity contribution >= 4 is 5.69 Å². The van der Waals surface area contributed by atoms with Gasteiger partial charge in [-0.3, -0.25) is 0 Å². The molecule has 0 unspecified atom stereocenters. The minimum absolute atomic E-state index is 0.473. The van der Waals surface area contributed by atoms with Gasteiger partial charge in [-0.1, -0.05) is 18.8 Å². The van der Waals surface area contributed by atoms with Gasteiger partial charge >= 0.3 is 5.82 Å². The Morgan fingerprint density at radius 2 is 2.00 bits per heavy atom. The maximum Gasteiger partial charge on any atom is 0.300 e. The van der Waals surface area contributed by atoms with E-state index >= 15 is 0 Å². The molecule has 0 aliphatic heterocycles. The summed E-state index contributed by atoms with van der Waals surface area (Å²) in [4.78, 5) is 6.47. The van der Waals surface area contributed by atoms with Crippen LogP contribution in [0.15, 0.2) is 12.4 Å². The highest BCUT2D eigenvalue weighted by Crippen LogP contribution is 2.09. The van der Waals surface area contributed by atoms with Gasteiger partial charge < -0.3 is 4.90 Å². The van der Waals surface area contributed by atoms with Crippen molar-refractivity contribution in [3.05, 3.63) is 18.2 Å². The van der Waals surface area contributed by atoms with Gasteiger partial charge in [-0.25, -0.2) is 4.57 Å². The molecular formula is C10H18N3+. The van der Waals surface area contributed by atoms with Crippen molar-refractivity contribution in [3.63, 3.8) is 0 Å². The molecule has 0 bridgehead atoms. The second-order valence-electron chi connectivity index (χ2n) is 3.83. The molecule has 0 amide bonds. The van der Waals surface area contributed by atoms with E-state index < -0.39 is 0 Å². The van der Waals surface area contributed by atoms with Crippen LogP contribution in [-0.4, -0.2) is 19.1 Å². The third kappa shape index (κ3) is 2.17.